The molecule has 0 aliphatic heterocycles. The third-order valence-corrected chi connectivity index (χ3v) is 3.00. The van der Waals surface area contributed by atoms with E-state index < -0.39 is 0 Å². The molecule has 0 fully saturated rings. The molecule has 0 atom stereocenters. The average molecular weight is 281 g/mol. The van der Waals surface area contributed by atoms with E-state index in [1.54, 1.807) is 6.20 Å². The molecule has 2 aromatic heterocycles. The highest BCUT2D eigenvalue weighted by atomic mass is 35.5. The van der Waals surface area contributed by atoms with Gasteiger partial charge in [0.25, 0.3) is 0 Å². The molecule has 0 saturated heterocycles. The smallest absolute Gasteiger partial charge is 0.227 e. The lowest BCUT2D eigenvalue weighted by Crippen LogP contribution is -2.00. The number of rotatable bonds is 5. The summed E-state index contributed by atoms with van der Waals surface area (Å²) >= 11 is 6.08. The topological polar surface area (TPSA) is 52.8 Å². The second kappa shape index (κ2) is 6.02. The van der Waals surface area contributed by atoms with E-state index in [0.29, 0.717) is 22.8 Å². The maximum absolute atomic E-state index is 6.08. The van der Waals surface area contributed by atoms with Crippen molar-refractivity contribution in [3.8, 4) is 11.6 Å². The Hall–Kier alpha value is -1.62. The van der Waals surface area contributed by atoms with Crippen LogP contribution in [0.5, 0.6) is 11.6 Å². The second-order valence-electron chi connectivity index (χ2n) is 4.55. The van der Waals surface area contributed by atoms with Crippen LogP contribution in [-0.4, -0.2) is 19.7 Å². The summed E-state index contributed by atoms with van der Waals surface area (Å²) in [7, 11) is 0. The minimum atomic E-state index is 0.293. The predicted octanol–water partition coefficient (Wildman–Crippen LogP) is 3.65. The molecule has 0 saturated carbocycles. The first-order valence-corrected chi connectivity index (χ1v) is 6.71. The first kappa shape index (κ1) is 13.8. The van der Waals surface area contributed by atoms with Crippen LogP contribution < -0.4 is 4.74 Å². The van der Waals surface area contributed by atoms with Crippen molar-refractivity contribution >= 4 is 11.6 Å². The summed E-state index contributed by atoms with van der Waals surface area (Å²) in [6, 6.07) is 0.293. The van der Waals surface area contributed by atoms with Crippen molar-refractivity contribution in [3.05, 3.63) is 29.4 Å². The molecule has 0 N–H and O–H groups in total. The van der Waals surface area contributed by atoms with Gasteiger partial charge < -0.3 is 4.74 Å². The van der Waals surface area contributed by atoms with E-state index in [1.807, 2.05) is 10.9 Å². The summed E-state index contributed by atoms with van der Waals surface area (Å²) in [5, 5.41) is 4.67. The van der Waals surface area contributed by atoms with Gasteiger partial charge in [-0.25, -0.2) is 9.97 Å². The minimum absolute atomic E-state index is 0.293. The maximum atomic E-state index is 6.08. The van der Waals surface area contributed by atoms with Crippen LogP contribution in [0.4, 0.5) is 0 Å². The van der Waals surface area contributed by atoms with Crippen LogP contribution in [0.1, 0.15) is 38.8 Å². The van der Waals surface area contributed by atoms with Gasteiger partial charge in [-0.15, -0.1) is 0 Å². The Morgan fingerprint density at radius 1 is 1.37 bits per heavy atom. The van der Waals surface area contributed by atoms with Gasteiger partial charge >= 0.3 is 0 Å². The molecular formula is C13H17ClN4O. The van der Waals surface area contributed by atoms with E-state index >= 15 is 0 Å². The Balaban J connectivity index is 2.24. The van der Waals surface area contributed by atoms with E-state index in [9.17, 15) is 0 Å². The number of nitrogens with zero attached hydrogens (tertiary/aromatic N) is 4. The molecule has 0 radical (unpaired) electrons. The third-order valence-electron chi connectivity index (χ3n) is 2.67. The lowest BCUT2D eigenvalue weighted by molar-refractivity contribution is 0.450. The Bertz CT molecular complexity index is 553. The molecule has 19 heavy (non-hydrogen) atoms. The molecule has 0 aromatic carbocycles. The van der Waals surface area contributed by atoms with Gasteiger partial charge in [0.05, 0.1) is 18.0 Å². The van der Waals surface area contributed by atoms with Crippen LogP contribution in [0.2, 0.25) is 5.15 Å². The van der Waals surface area contributed by atoms with E-state index in [4.69, 9.17) is 16.3 Å². The SMILES string of the molecule is CCCc1c(Cl)ncnc1Oc1cnn(C(C)C)c1. The number of hydrogen-bond acceptors (Lipinski definition) is 4. The van der Waals surface area contributed by atoms with Crippen LogP contribution in [-0.2, 0) is 6.42 Å². The molecule has 102 valence electrons. The zero-order valence-electron chi connectivity index (χ0n) is 11.3. The summed E-state index contributed by atoms with van der Waals surface area (Å²) in [5.74, 6) is 1.16. The van der Waals surface area contributed by atoms with Crippen molar-refractivity contribution < 1.29 is 4.74 Å². The molecule has 2 aromatic rings. The zero-order chi connectivity index (χ0) is 13.8. The number of hydrogen-bond donors (Lipinski definition) is 0. The summed E-state index contributed by atoms with van der Waals surface area (Å²) in [6.45, 7) is 6.19. The first-order chi connectivity index (χ1) is 9.11. The van der Waals surface area contributed by atoms with E-state index in [2.05, 4.69) is 35.8 Å². The second-order valence-corrected chi connectivity index (χ2v) is 4.91. The lowest BCUT2D eigenvalue weighted by atomic mass is 10.2. The molecule has 0 bridgehead atoms. The van der Waals surface area contributed by atoms with Gasteiger partial charge in [-0.3, -0.25) is 4.68 Å². The highest BCUT2D eigenvalue weighted by Crippen LogP contribution is 2.28. The summed E-state index contributed by atoms with van der Waals surface area (Å²) < 4.78 is 7.59. The van der Waals surface area contributed by atoms with Crippen LogP contribution >= 0.6 is 11.6 Å². The first-order valence-electron chi connectivity index (χ1n) is 6.33. The van der Waals surface area contributed by atoms with Crippen LogP contribution in [0.15, 0.2) is 18.7 Å². The fourth-order valence-electron chi connectivity index (χ4n) is 1.69. The largest absolute Gasteiger partial charge is 0.435 e. The molecular weight excluding hydrogens is 264 g/mol. The molecule has 0 unspecified atom stereocenters. The molecule has 0 aliphatic carbocycles. The number of halogens is 1. The maximum Gasteiger partial charge on any atom is 0.227 e. The van der Waals surface area contributed by atoms with Crippen molar-refractivity contribution in [1.29, 1.82) is 0 Å². The Labute approximate surface area is 117 Å². The molecule has 0 amide bonds. The van der Waals surface area contributed by atoms with Gasteiger partial charge in [-0.05, 0) is 20.3 Å². The van der Waals surface area contributed by atoms with E-state index in [-0.39, 0.29) is 0 Å². The quantitative estimate of drug-likeness (QED) is 0.785. The Morgan fingerprint density at radius 2 is 2.16 bits per heavy atom. The summed E-state index contributed by atoms with van der Waals surface area (Å²) in [6.07, 6.45) is 6.66. The highest BCUT2D eigenvalue weighted by molar-refractivity contribution is 6.30. The Morgan fingerprint density at radius 3 is 2.79 bits per heavy atom. The summed E-state index contributed by atoms with van der Waals surface area (Å²) in [5.41, 5.74) is 0.837. The number of ether oxygens (including phenoxy) is 1. The van der Waals surface area contributed by atoms with Gasteiger partial charge in [0, 0.05) is 6.04 Å². The van der Waals surface area contributed by atoms with Crippen molar-refractivity contribution in [3.63, 3.8) is 0 Å². The monoisotopic (exact) mass is 280 g/mol. The van der Waals surface area contributed by atoms with Crippen molar-refractivity contribution in [2.45, 2.75) is 39.7 Å². The van der Waals surface area contributed by atoms with Crippen LogP contribution in [0.25, 0.3) is 0 Å². The van der Waals surface area contributed by atoms with Gasteiger partial charge in [0.2, 0.25) is 5.88 Å². The fourth-order valence-corrected chi connectivity index (χ4v) is 1.91. The molecule has 2 heterocycles. The van der Waals surface area contributed by atoms with E-state index in [1.165, 1.54) is 6.33 Å². The standard InChI is InChI=1S/C13H17ClN4O/c1-4-5-11-12(14)15-8-16-13(11)19-10-6-17-18(7-10)9(2)3/h6-9H,4-5H2,1-3H3. The predicted molar refractivity (Wildman–Crippen MR) is 73.7 cm³/mol. The number of aromatic nitrogens is 4. The molecule has 6 heteroatoms. The van der Waals surface area contributed by atoms with Gasteiger partial charge in [0.1, 0.15) is 11.5 Å². The van der Waals surface area contributed by atoms with Crippen molar-refractivity contribution in [1.82, 2.24) is 19.7 Å². The van der Waals surface area contributed by atoms with Crippen LogP contribution in [0, 0.1) is 0 Å². The zero-order valence-corrected chi connectivity index (χ0v) is 12.1. The van der Waals surface area contributed by atoms with E-state index in [0.717, 1.165) is 18.4 Å². The van der Waals surface area contributed by atoms with Crippen LogP contribution in [0.3, 0.4) is 0 Å². The third kappa shape index (κ3) is 3.23. The van der Waals surface area contributed by atoms with Gasteiger partial charge in [-0.1, -0.05) is 24.9 Å². The molecule has 2 rings (SSSR count). The van der Waals surface area contributed by atoms with Gasteiger partial charge in [-0.2, -0.15) is 5.10 Å². The normalized spacial score (nSPS) is 11.0. The molecule has 0 aliphatic rings. The summed E-state index contributed by atoms with van der Waals surface area (Å²) in [4.78, 5) is 8.14. The van der Waals surface area contributed by atoms with Crippen molar-refractivity contribution in [2.75, 3.05) is 0 Å². The van der Waals surface area contributed by atoms with Crippen molar-refractivity contribution in [2.24, 2.45) is 0 Å². The minimum Gasteiger partial charge on any atom is -0.435 e. The fraction of sp³-hybridized carbons (Fsp3) is 0.462. The van der Waals surface area contributed by atoms with Gasteiger partial charge in [0.15, 0.2) is 5.75 Å². The molecule has 0 spiro atoms. The molecule has 5 nitrogen and oxygen atoms in total. The Kier molecular flexibility index (Phi) is 4.37. The highest BCUT2D eigenvalue weighted by Gasteiger charge is 2.12. The average Bonchev–Trinajstić information content (AvgIpc) is 2.82. The lowest BCUT2D eigenvalue weighted by Gasteiger charge is -2.08.